The number of anilines is 2. The van der Waals surface area contributed by atoms with Crippen molar-refractivity contribution in [2.24, 2.45) is 0 Å². The van der Waals surface area contributed by atoms with Gasteiger partial charge in [0.25, 0.3) is 5.91 Å². The topological polar surface area (TPSA) is 110 Å². The zero-order chi connectivity index (χ0) is 19.4. The Labute approximate surface area is 158 Å². The molecule has 0 spiro atoms. The van der Waals surface area contributed by atoms with Crippen LogP contribution in [-0.4, -0.2) is 48.2 Å². The molecule has 1 amide bonds. The van der Waals surface area contributed by atoms with E-state index in [4.69, 9.17) is 4.74 Å². The molecule has 1 fully saturated rings. The number of ether oxygens (including phenoxy) is 1. The molecule has 1 saturated heterocycles. The van der Waals surface area contributed by atoms with E-state index in [2.05, 4.69) is 20.8 Å². The van der Waals surface area contributed by atoms with Gasteiger partial charge in [-0.25, -0.2) is 8.42 Å². The SMILES string of the molecule is CC(C)Oc1ccccc1Nc1ccc(C(=O)NC2CCS(=O)(=O)C2)nn1. The first-order chi connectivity index (χ1) is 12.8. The highest BCUT2D eigenvalue weighted by molar-refractivity contribution is 7.91. The molecule has 27 heavy (non-hydrogen) atoms. The van der Waals surface area contributed by atoms with Gasteiger partial charge < -0.3 is 15.4 Å². The van der Waals surface area contributed by atoms with E-state index >= 15 is 0 Å². The smallest absolute Gasteiger partial charge is 0.272 e. The van der Waals surface area contributed by atoms with Crippen LogP contribution in [0.25, 0.3) is 0 Å². The normalized spacial score (nSPS) is 18.3. The Bertz CT molecular complexity index is 913. The van der Waals surface area contributed by atoms with Crippen LogP contribution >= 0.6 is 0 Å². The number of para-hydroxylation sites is 2. The van der Waals surface area contributed by atoms with Crippen LogP contribution in [0.5, 0.6) is 5.75 Å². The summed E-state index contributed by atoms with van der Waals surface area (Å²) in [7, 11) is -3.05. The average Bonchev–Trinajstić information content (AvgIpc) is 2.95. The van der Waals surface area contributed by atoms with E-state index in [0.29, 0.717) is 18.0 Å². The molecule has 0 bridgehead atoms. The van der Waals surface area contributed by atoms with Crippen molar-refractivity contribution in [2.45, 2.75) is 32.4 Å². The summed E-state index contributed by atoms with van der Waals surface area (Å²) in [4.78, 5) is 12.2. The molecular weight excluding hydrogens is 368 g/mol. The summed E-state index contributed by atoms with van der Waals surface area (Å²) < 4.78 is 28.7. The lowest BCUT2D eigenvalue weighted by atomic mass is 10.2. The summed E-state index contributed by atoms with van der Waals surface area (Å²) in [5.74, 6) is 0.802. The number of sulfone groups is 1. The zero-order valence-corrected chi connectivity index (χ0v) is 16.0. The van der Waals surface area contributed by atoms with Gasteiger partial charge in [0.2, 0.25) is 0 Å². The maximum Gasteiger partial charge on any atom is 0.272 e. The number of rotatable bonds is 6. The molecule has 0 aliphatic carbocycles. The minimum atomic E-state index is -3.05. The van der Waals surface area contributed by atoms with Crippen LogP contribution in [0.2, 0.25) is 0 Å². The number of nitrogens with one attached hydrogen (secondary N) is 2. The van der Waals surface area contributed by atoms with Gasteiger partial charge in [-0.1, -0.05) is 12.1 Å². The number of amides is 1. The van der Waals surface area contributed by atoms with Crippen LogP contribution in [0, 0.1) is 0 Å². The van der Waals surface area contributed by atoms with Gasteiger partial charge in [0, 0.05) is 6.04 Å². The van der Waals surface area contributed by atoms with Crippen molar-refractivity contribution in [1.82, 2.24) is 15.5 Å². The highest BCUT2D eigenvalue weighted by Gasteiger charge is 2.29. The Morgan fingerprint density at radius 3 is 2.59 bits per heavy atom. The number of hydrogen-bond donors (Lipinski definition) is 2. The van der Waals surface area contributed by atoms with E-state index in [1.165, 1.54) is 0 Å². The third kappa shape index (κ3) is 5.16. The summed E-state index contributed by atoms with van der Waals surface area (Å²) in [6, 6.07) is 10.3. The van der Waals surface area contributed by atoms with Crippen molar-refractivity contribution in [2.75, 3.05) is 16.8 Å². The second kappa shape index (κ2) is 7.91. The molecule has 0 radical (unpaired) electrons. The van der Waals surface area contributed by atoms with Gasteiger partial charge in [-0.2, -0.15) is 0 Å². The van der Waals surface area contributed by atoms with Crippen molar-refractivity contribution in [3.63, 3.8) is 0 Å². The highest BCUT2D eigenvalue weighted by atomic mass is 32.2. The summed E-state index contributed by atoms with van der Waals surface area (Å²) in [5, 5.41) is 13.8. The minimum Gasteiger partial charge on any atom is -0.489 e. The molecule has 144 valence electrons. The highest BCUT2D eigenvalue weighted by Crippen LogP contribution is 2.27. The molecule has 3 rings (SSSR count). The lowest BCUT2D eigenvalue weighted by Crippen LogP contribution is -2.36. The van der Waals surface area contributed by atoms with Crippen molar-refractivity contribution < 1.29 is 17.9 Å². The predicted octanol–water partition coefficient (Wildman–Crippen LogP) is 1.92. The van der Waals surface area contributed by atoms with E-state index in [0.717, 1.165) is 5.69 Å². The fourth-order valence-corrected chi connectivity index (χ4v) is 4.43. The molecule has 9 heteroatoms. The Kier molecular flexibility index (Phi) is 5.59. The van der Waals surface area contributed by atoms with E-state index in [1.807, 2.05) is 38.1 Å². The molecule has 1 aliphatic rings. The molecule has 1 aromatic heterocycles. The van der Waals surface area contributed by atoms with Gasteiger partial charge in [0.15, 0.2) is 21.3 Å². The fourth-order valence-electron chi connectivity index (χ4n) is 2.75. The zero-order valence-electron chi connectivity index (χ0n) is 15.2. The number of carbonyl (C=O) groups is 1. The fraction of sp³-hybridized carbons (Fsp3) is 0.389. The molecule has 2 aromatic rings. The van der Waals surface area contributed by atoms with Crippen LogP contribution in [-0.2, 0) is 9.84 Å². The maximum absolute atomic E-state index is 12.2. The molecule has 2 heterocycles. The molecule has 8 nitrogen and oxygen atoms in total. The van der Waals surface area contributed by atoms with E-state index < -0.39 is 15.7 Å². The van der Waals surface area contributed by atoms with Gasteiger partial charge in [-0.3, -0.25) is 4.79 Å². The number of benzene rings is 1. The summed E-state index contributed by atoms with van der Waals surface area (Å²) in [6.07, 6.45) is 0.456. The molecule has 2 N–H and O–H groups in total. The van der Waals surface area contributed by atoms with E-state index in [9.17, 15) is 13.2 Å². The second-order valence-electron chi connectivity index (χ2n) is 6.67. The second-order valence-corrected chi connectivity index (χ2v) is 8.89. The standard InChI is InChI=1S/C18H22N4O4S/c1-12(2)26-16-6-4-3-5-14(16)20-17-8-7-15(21-22-17)18(23)19-13-9-10-27(24,25)11-13/h3-8,12-13H,9-11H2,1-2H3,(H,19,23)(H,20,22). The number of hydrogen-bond acceptors (Lipinski definition) is 7. The summed E-state index contributed by atoms with van der Waals surface area (Å²) in [5.41, 5.74) is 0.880. The van der Waals surface area contributed by atoms with E-state index in [-0.39, 0.29) is 29.3 Å². The molecule has 0 saturated carbocycles. The van der Waals surface area contributed by atoms with Gasteiger partial charge >= 0.3 is 0 Å². The van der Waals surface area contributed by atoms with Gasteiger partial charge in [0.05, 0.1) is 23.3 Å². The molecule has 1 aliphatic heterocycles. The first-order valence-corrected chi connectivity index (χ1v) is 10.5. The van der Waals surface area contributed by atoms with Crippen LogP contribution in [0.3, 0.4) is 0 Å². The lowest BCUT2D eigenvalue weighted by Gasteiger charge is -2.15. The first-order valence-electron chi connectivity index (χ1n) is 8.70. The Morgan fingerprint density at radius 2 is 1.96 bits per heavy atom. The monoisotopic (exact) mass is 390 g/mol. The van der Waals surface area contributed by atoms with Crippen molar-refractivity contribution in [3.8, 4) is 5.75 Å². The molecular formula is C18H22N4O4S. The number of aromatic nitrogens is 2. The van der Waals surface area contributed by atoms with Crippen molar-refractivity contribution in [3.05, 3.63) is 42.1 Å². The Morgan fingerprint density at radius 1 is 1.19 bits per heavy atom. The third-order valence-corrected chi connectivity index (χ3v) is 5.75. The Hall–Kier alpha value is -2.68. The quantitative estimate of drug-likeness (QED) is 0.775. The van der Waals surface area contributed by atoms with Gasteiger partial charge in [0.1, 0.15) is 5.75 Å². The molecule has 1 unspecified atom stereocenters. The number of carbonyl (C=O) groups excluding carboxylic acids is 1. The van der Waals surface area contributed by atoms with Gasteiger partial charge in [-0.05, 0) is 44.5 Å². The van der Waals surface area contributed by atoms with Crippen LogP contribution < -0.4 is 15.4 Å². The lowest BCUT2D eigenvalue weighted by molar-refractivity contribution is 0.0935. The van der Waals surface area contributed by atoms with Crippen LogP contribution in [0.1, 0.15) is 30.8 Å². The minimum absolute atomic E-state index is 0.0293. The van der Waals surface area contributed by atoms with Gasteiger partial charge in [-0.15, -0.1) is 10.2 Å². The first kappa shape index (κ1) is 19.1. The maximum atomic E-state index is 12.2. The van der Waals surface area contributed by atoms with Crippen LogP contribution in [0.4, 0.5) is 11.5 Å². The summed E-state index contributed by atoms with van der Waals surface area (Å²) >= 11 is 0. The van der Waals surface area contributed by atoms with Crippen LogP contribution in [0.15, 0.2) is 36.4 Å². The van der Waals surface area contributed by atoms with Crippen molar-refractivity contribution >= 4 is 27.2 Å². The largest absolute Gasteiger partial charge is 0.489 e. The third-order valence-electron chi connectivity index (χ3n) is 3.98. The average molecular weight is 390 g/mol. The van der Waals surface area contributed by atoms with E-state index in [1.54, 1.807) is 12.1 Å². The summed E-state index contributed by atoms with van der Waals surface area (Å²) in [6.45, 7) is 3.89. The van der Waals surface area contributed by atoms with Crippen molar-refractivity contribution in [1.29, 1.82) is 0 Å². The predicted molar refractivity (Wildman–Crippen MR) is 102 cm³/mol. The molecule has 1 atom stereocenters. The molecule has 1 aromatic carbocycles. The Balaban J connectivity index is 1.65. The number of nitrogens with zero attached hydrogens (tertiary/aromatic N) is 2.